The third kappa shape index (κ3) is 5.05. The van der Waals surface area contributed by atoms with E-state index >= 15 is 0 Å². The topological polar surface area (TPSA) is 3.24 Å². The first-order valence-electron chi connectivity index (χ1n) is 6.43. The van der Waals surface area contributed by atoms with Crippen LogP contribution in [0.5, 0.6) is 0 Å². The van der Waals surface area contributed by atoms with Crippen LogP contribution in [0.2, 0.25) is 20.1 Å². The first-order chi connectivity index (χ1) is 9.66. The molecule has 0 heterocycles. The molecule has 0 fully saturated rings. The van der Waals surface area contributed by atoms with Gasteiger partial charge in [0.25, 0.3) is 0 Å². The highest BCUT2D eigenvalue weighted by Gasteiger charge is 2.19. The Balaban J connectivity index is 2.92. The Morgan fingerprint density at radius 2 is 1.48 bits per heavy atom. The summed E-state index contributed by atoms with van der Waals surface area (Å²) >= 11 is 31.5. The van der Waals surface area contributed by atoms with Crippen molar-refractivity contribution >= 4 is 74.7 Å². The molecule has 0 N–H and O–H groups in total. The third-order valence-electron chi connectivity index (χ3n) is 2.87. The fourth-order valence-corrected chi connectivity index (χ4v) is 4.84. The molecule has 1 aromatic rings. The molecule has 1 rings (SSSR count). The van der Waals surface area contributed by atoms with E-state index in [0.717, 1.165) is 9.88 Å². The molecule has 0 saturated carbocycles. The Morgan fingerprint density at radius 3 is 1.86 bits per heavy atom. The summed E-state index contributed by atoms with van der Waals surface area (Å²) < 4.78 is 0.809. The molecule has 0 atom stereocenters. The van der Waals surface area contributed by atoms with Gasteiger partial charge in [0, 0.05) is 23.4 Å². The maximum atomic E-state index is 6.21. The van der Waals surface area contributed by atoms with E-state index in [1.54, 1.807) is 6.07 Å². The zero-order valence-electron chi connectivity index (χ0n) is 12.2. The van der Waals surface area contributed by atoms with Crippen molar-refractivity contribution < 1.29 is 0 Å². The van der Waals surface area contributed by atoms with E-state index in [-0.39, 0.29) is 0 Å². The minimum absolute atomic E-state index is 0.332. The van der Waals surface area contributed by atoms with Crippen LogP contribution in [0.15, 0.2) is 6.07 Å². The Kier molecular flexibility index (Phi) is 7.93. The standard InChI is InChI=1S/C14H17Cl4NS2/c1-7(2)19(8(3)4)14(20)21-6-9-12(17)10(15)5-11(16)13(9)18/h5,7-8H,6H2,1-4H3. The lowest BCUT2D eigenvalue weighted by molar-refractivity contribution is 0.303. The average Bonchev–Trinajstić information content (AvgIpc) is 2.35. The van der Waals surface area contributed by atoms with Gasteiger partial charge in [0.15, 0.2) is 0 Å². The van der Waals surface area contributed by atoms with E-state index in [2.05, 4.69) is 32.6 Å². The van der Waals surface area contributed by atoms with Crippen LogP contribution in [0.4, 0.5) is 0 Å². The first-order valence-corrected chi connectivity index (χ1v) is 9.34. The highest BCUT2D eigenvalue weighted by Crippen LogP contribution is 2.39. The van der Waals surface area contributed by atoms with E-state index in [1.807, 2.05) is 0 Å². The number of benzene rings is 1. The number of halogens is 4. The van der Waals surface area contributed by atoms with Gasteiger partial charge in [-0.15, -0.1) is 0 Å². The number of hydrogen-bond donors (Lipinski definition) is 0. The van der Waals surface area contributed by atoms with Crippen molar-refractivity contribution in [2.45, 2.75) is 45.5 Å². The van der Waals surface area contributed by atoms with Gasteiger partial charge in [-0.3, -0.25) is 0 Å². The molecule has 21 heavy (non-hydrogen) atoms. The number of nitrogens with zero attached hydrogens (tertiary/aromatic N) is 1. The Hall–Kier alpha value is 0.620. The summed E-state index contributed by atoms with van der Waals surface area (Å²) in [5, 5.41) is 1.67. The largest absolute Gasteiger partial charge is 0.353 e. The molecule has 0 spiro atoms. The zero-order chi connectivity index (χ0) is 16.3. The van der Waals surface area contributed by atoms with Gasteiger partial charge in [-0.1, -0.05) is 70.4 Å². The number of rotatable bonds is 4. The second-order valence-corrected chi connectivity index (χ2v) is 8.28. The average molecular weight is 405 g/mol. The molecule has 1 nitrogen and oxygen atoms in total. The van der Waals surface area contributed by atoms with Gasteiger partial charge in [0.05, 0.1) is 20.1 Å². The summed E-state index contributed by atoms with van der Waals surface area (Å²) in [4.78, 5) is 2.17. The van der Waals surface area contributed by atoms with Crippen LogP contribution >= 0.6 is 70.4 Å². The van der Waals surface area contributed by atoms with Crippen LogP contribution in [0.25, 0.3) is 0 Å². The number of thiocarbonyl (C=S) groups is 1. The van der Waals surface area contributed by atoms with Gasteiger partial charge in [-0.25, -0.2) is 0 Å². The first kappa shape index (κ1) is 19.7. The summed E-state index contributed by atoms with van der Waals surface area (Å²) in [7, 11) is 0. The van der Waals surface area contributed by atoms with Gasteiger partial charge in [-0.2, -0.15) is 0 Å². The summed E-state index contributed by atoms with van der Waals surface area (Å²) in [6.07, 6.45) is 0. The number of hydrogen-bond acceptors (Lipinski definition) is 2. The molecule has 0 aliphatic carbocycles. The monoisotopic (exact) mass is 403 g/mol. The van der Waals surface area contributed by atoms with Gasteiger partial charge >= 0.3 is 0 Å². The fraction of sp³-hybridized carbons (Fsp3) is 0.500. The minimum atomic E-state index is 0.332. The molecule has 0 amide bonds. The van der Waals surface area contributed by atoms with Crippen LogP contribution in [0.3, 0.4) is 0 Å². The third-order valence-corrected chi connectivity index (χ3v) is 5.97. The van der Waals surface area contributed by atoms with Crippen molar-refractivity contribution in [3.05, 3.63) is 31.7 Å². The molecule has 0 aromatic heterocycles. The molecule has 7 heteroatoms. The molecular formula is C14H17Cl4NS2. The van der Waals surface area contributed by atoms with Gasteiger partial charge in [0.1, 0.15) is 4.32 Å². The maximum Gasteiger partial charge on any atom is 0.137 e. The van der Waals surface area contributed by atoms with Crippen LogP contribution in [0.1, 0.15) is 33.3 Å². The van der Waals surface area contributed by atoms with E-state index in [4.69, 9.17) is 58.6 Å². The Labute approximate surface area is 156 Å². The zero-order valence-corrected chi connectivity index (χ0v) is 16.9. The summed E-state index contributed by atoms with van der Waals surface area (Å²) in [5.41, 5.74) is 0.718. The van der Waals surface area contributed by atoms with Crippen molar-refractivity contribution in [3.8, 4) is 0 Å². The molecular weight excluding hydrogens is 388 g/mol. The lowest BCUT2D eigenvalue weighted by atomic mass is 10.2. The van der Waals surface area contributed by atoms with Crippen LogP contribution in [-0.4, -0.2) is 21.3 Å². The molecule has 1 aromatic carbocycles. The van der Waals surface area contributed by atoms with Crippen molar-refractivity contribution in [1.82, 2.24) is 4.90 Å². The quantitative estimate of drug-likeness (QED) is 0.395. The van der Waals surface area contributed by atoms with Crippen LogP contribution in [0, 0.1) is 0 Å². The van der Waals surface area contributed by atoms with Crippen molar-refractivity contribution in [2.24, 2.45) is 0 Å². The van der Waals surface area contributed by atoms with Crippen molar-refractivity contribution in [3.63, 3.8) is 0 Å². The van der Waals surface area contributed by atoms with Crippen LogP contribution < -0.4 is 0 Å². The van der Waals surface area contributed by atoms with Gasteiger partial charge < -0.3 is 4.90 Å². The highest BCUT2D eigenvalue weighted by molar-refractivity contribution is 8.22. The molecule has 0 radical (unpaired) electrons. The normalized spacial score (nSPS) is 11.3. The maximum absolute atomic E-state index is 6.21. The smallest absolute Gasteiger partial charge is 0.137 e. The van der Waals surface area contributed by atoms with Crippen molar-refractivity contribution in [2.75, 3.05) is 0 Å². The van der Waals surface area contributed by atoms with E-state index < -0.39 is 0 Å². The SMILES string of the molecule is CC(C)N(C(=S)SCc1c(Cl)c(Cl)cc(Cl)c1Cl)C(C)C. The minimum Gasteiger partial charge on any atom is -0.353 e. The Morgan fingerprint density at radius 1 is 1.05 bits per heavy atom. The molecule has 0 bridgehead atoms. The Bertz CT molecular complexity index is 498. The molecule has 0 aliphatic rings. The second kappa shape index (κ2) is 8.47. The molecule has 0 unspecified atom stereocenters. The van der Waals surface area contributed by atoms with Crippen LogP contribution in [-0.2, 0) is 5.75 Å². The second-order valence-electron chi connectivity index (χ2n) is 5.10. The molecule has 0 saturated heterocycles. The lowest BCUT2D eigenvalue weighted by Gasteiger charge is -2.32. The van der Waals surface area contributed by atoms with Gasteiger partial charge in [-0.05, 0) is 33.8 Å². The summed E-state index contributed by atoms with van der Waals surface area (Å²) in [5.74, 6) is 0.534. The van der Waals surface area contributed by atoms with E-state index in [9.17, 15) is 0 Å². The van der Waals surface area contributed by atoms with Gasteiger partial charge in [0.2, 0.25) is 0 Å². The number of thioether (sulfide) groups is 1. The summed E-state index contributed by atoms with van der Waals surface area (Å²) in [6, 6.07) is 2.22. The predicted molar refractivity (Wildman–Crippen MR) is 102 cm³/mol. The van der Waals surface area contributed by atoms with E-state index in [1.165, 1.54) is 11.8 Å². The van der Waals surface area contributed by atoms with Crippen molar-refractivity contribution in [1.29, 1.82) is 0 Å². The fourth-order valence-electron chi connectivity index (χ4n) is 1.98. The molecule has 118 valence electrons. The van der Waals surface area contributed by atoms with E-state index in [0.29, 0.717) is 37.9 Å². The lowest BCUT2D eigenvalue weighted by Crippen LogP contribution is -2.39. The predicted octanol–water partition coefficient (Wildman–Crippen LogP) is 6.94. The summed E-state index contributed by atoms with van der Waals surface area (Å²) in [6.45, 7) is 8.46. The highest BCUT2D eigenvalue weighted by atomic mass is 35.5. The molecule has 0 aliphatic heterocycles.